The van der Waals surface area contributed by atoms with Gasteiger partial charge < -0.3 is 19.5 Å². The molecule has 0 aliphatic carbocycles. The number of fused-ring (bicyclic) bond motifs is 3. The molecule has 164 valence electrons. The first kappa shape index (κ1) is 20.2. The predicted octanol–water partition coefficient (Wildman–Crippen LogP) is 3.63. The minimum absolute atomic E-state index is 0.275. The van der Waals surface area contributed by atoms with Crippen LogP contribution in [-0.2, 0) is 4.74 Å². The van der Waals surface area contributed by atoms with Gasteiger partial charge in [-0.3, -0.25) is 4.98 Å². The van der Waals surface area contributed by atoms with E-state index >= 15 is 0 Å². The number of aromatic amines is 1. The number of nitrogens with one attached hydrogen (secondary N) is 1. The van der Waals surface area contributed by atoms with Gasteiger partial charge in [-0.05, 0) is 39.0 Å². The normalized spacial score (nSPS) is 14.8. The quantitative estimate of drug-likeness (QED) is 0.517. The van der Waals surface area contributed by atoms with Gasteiger partial charge in [0.2, 0.25) is 5.95 Å². The van der Waals surface area contributed by atoms with Crippen LogP contribution in [0.15, 0.2) is 43.0 Å². The number of ether oxygens (including phenoxy) is 1. The molecular formula is C23H25N7O2. The summed E-state index contributed by atoms with van der Waals surface area (Å²) < 4.78 is 5.46. The second-order valence-corrected chi connectivity index (χ2v) is 8.87. The number of aromatic nitrogens is 5. The Bertz CT molecular complexity index is 1270. The topological polar surface area (TPSA) is 100 Å². The van der Waals surface area contributed by atoms with Crippen LogP contribution in [0.5, 0.6) is 0 Å². The molecule has 0 spiro atoms. The van der Waals surface area contributed by atoms with Crippen LogP contribution in [0.1, 0.15) is 20.8 Å². The van der Waals surface area contributed by atoms with E-state index in [1.807, 2.05) is 45.2 Å². The lowest BCUT2D eigenvalue weighted by molar-refractivity contribution is 0.0240. The van der Waals surface area contributed by atoms with Crippen LogP contribution in [0.2, 0.25) is 0 Å². The Hall–Kier alpha value is -3.75. The number of piperazine rings is 1. The number of hydrogen-bond donors (Lipinski definition) is 1. The zero-order valence-corrected chi connectivity index (χ0v) is 18.4. The second kappa shape index (κ2) is 7.74. The molecule has 1 amide bonds. The van der Waals surface area contributed by atoms with Gasteiger partial charge in [0.05, 0.1) is 11.2 Å². The Morgan fingerprint density at radius 1 is 1.00 bits per heavy atom. The lowest BCUT2D eigenvalue weighted by atomic mass is 10.2. The Morgan fingerprint density at radius 3 is 2.47 bits per heavy atom. The van der Waals surface area contributed by atoms with Crippen molar-refractivity contribution in [3.63, 3.8) is 0 Å². The average molecular weight is 432 g/mol. The number of pyridine rings is 2. The first-order chi connectivity index (χ1) is 15.4. The van der Waals surface area contributed by atoms with Crippen molar-refractivity contribution in [1.82, 2.24) is 29.8 Å². The van der Waals surface area contributed by atoms with Crippen LogP contribution in [0.3, 0.4) is 0 Å². The van der Waals surface area contributed by atoms with E-state index in [1.54, 1.807) is 23.5 Å². The summed E-state index contributed by atoms with van der Waals surface area (Å²) in [4.78, 5) is 37.4. The van der Waals surface area contributed by atoms with Crippen LogP contribution in [0.4, 0.5) is 10.7 Å². The molecule has 1 saturated heterocycles. The molecule has 4 aromatic rings. The fourth-order valence-electron chi connectivity index (χ4n) is 3.81. The van der Waals surface area contributed by atoms with Crippen LogP contribution in [-0.4, -0.2) is 67.7 Å². The molecule has 9 heteroatoms. The van der Waals surface area contributed by atoms with Crippen molar-refractivity contribution in [2.75, 3.05) is 31.1 Å². The maximum Gasteiger partial charge on any atom is 0.410 e. The molecule has 0 aromatic carbocycles. The molecule has 0 saturated carbocycles. The summed E-state index contributed by atoms with van der Waals surface area (Å²) in [5.74, 6) is 0.648. The summed E-state index contributed by atoms with van der Waals surface area (Å²) in [6, 6.07) is 5.96. The zero-order chi connectivity index (χ0) is 22.3. The van der Waals surface area contributed by atoms with E-state index < -0.39 is 5.60 Å². The van der Waals surface area contributed by atoms with E-state index in [4.69, 9.17) is 9.72 Å². The van der Waals surface area contributed by atoms with Crippen molar-refractivity contribution in [3.05, 3.63) is 43.0 Å². The summed E-state index contributed by atoms with van der Waals surface area (Å²) in [6.07, 6.45) is 6.92. The molecule has 1 aliphatic heterocycles. The highest BCUT2D eigenvalue weighted by atomic mass is 16.6. The maximum atomic E-state index is 12.2. The smallest absolute Gasteiger partial charge is 0.410 e. The van der Waals surface area contributed by atoms with Crippen LogP contribution in [0.25, 0.3) is 33.2 Å². The third-order valence-corrected chi connectivity index (χ3v) is 5.41. The molecule has 1 fully saturated rings. The zero-order valence-electron chi connectivity index (χ0n) is 18.4. The maximum absolute atomic E-state index is 12.2. The molecule has 1 N–H and O–H groups in total. The largest absolute Gasteiger partial charge is 0.444 e. The number of amides is 1. The lowest BCUT2D eigenvalue weighted by Crippen LogP contribution is -2.50. The van der Waals surface area contributed by atoms with Crippen molar-refractivity contribution in [2.24, 2.45) is 0 Å². The third-order valence-electron chi connectivity index (χ3n) is 5.41. The Morgan fingerprint density at radius 2 is 1.75 bits per heavy atom. The van der Waals surface area contributed by atoms with Gasteiger partial charge in [-0.25, -0.2) is 19.7 Å². The van der Waals surface area contributed by atoms with E-state index in [0.29, 0.717) is 32.1 Å². The molecule has 9 nitrogen and oxygen atoms in total. The van der Waals surface area contributed by atoms with Gasteiger partial charge in [-0.1, -0.05) is 0 Å². The standard InChI is InChI=1S/C23H25N7O2/c1-23(2,3)32-22(31)30-10-8-29(9-11-30)21-25-12-15(13-26-21)18-5-4-16-17-14-24-7-6-19(17)28-20(16)27-18/h4-7,12-14H,8-11H2,1-3H3,(H,27,28). The van der Waals surface area contributed by atoms with Gasteiger partial charge in [-0.2, -0.15) is 0 Å². The Labute approximate surface area is 185 Å². The van der Waals surface area contributed by atoms with Gasteiger partial charge in [-0.15, -0.1) is 0 Å². The molecule has 0 bridgehead atoms. The van der Waals surface area contributed by atoms with E-state index in [-0.39, 0.29) is 6.09 Å². The fraction of sp³-hybridized carbons (Fsp3) is 0.348. The molecule has 0 radical (unpaired) electrons. The first-order valence-electron chi connectivity index (χ1n) is 10.7. The van der Waals surface area contributed by atoms with E-state index in [0.717, 1.165) is 33.2 Å². The molecule has 1 aliphatic rings. The van der Waals surface area contributed by atoms with E-state index in [9.17, 15) is 4.79 Å². The van der Waals surface area contributed by atoms with Crippen molar-refractivity contribution >= 4 is 34.0 Å². The molecule has 5 rings (SSSR count). The van der Waals surface area contributed by atoms with Gasteiger partial charge in [0.25, 0.3) is 0 Å². The van der Waals surface area contributed by atoms with Crippen LogP contribution >= 0.6 is 0 Å². The Kier molecular flexibility index (Phi) is 4.88. The van der Waals surface area contributed by atoms with Crippen LogP contribution in [0, 0.1) is 0 Å². The second-order valence-electron chi connectivity index (χ2n) is 8.87. The van der Waals surface area contributed by atoms with Crippen molar-refractivity contribution in [1.29, 1.82) is 0 Å². The molecule has 4 aromatic heterocycles. The van der Waals surface area contributed by atoms with Gasteiger partial charge in [0, 0.05) is 67.3 Å². The van der Waals surface area contributed by atoms with Crippen LogP contribution < -0.4 is 4.90 Å². The molecule has 5 heterocycles. The number of hydrogen-bond acceptors (Lipinski definition) is 7. The minimum Gasteiger partial charge on any atom is -0.444 e. The number of rotatable bonds is 2. The van der Waals surface area contributed by atoms with Gasteiger partial charge in [0.15, 0.2) is 0 Å². The third kappa shape index (κ3) is 3.93. The summed E-state index contributed by atoms with van der Waals surface area (Å²) >= 11 is 0. The summed E-state index contributed by atoms with van der Waals surface area (Å²) in [5.41, 5.74) is 2.98. The Balaban J connectivity index is 1.28. The highest BCUT2D eigenvalue weighted by Gasteiger charge is 2.26. The highest BCUT2D eigenvalue weighted by molar-refractivity contribution is 6.05. The molecule has 0 unspecified atom stereocenters. The molecule has 32 heavy (non-hydrogen) atoms. The average Bonchev–Trinajstić information content (AvgIpc) is 3.16. The van der Waals surface area contributed by atoms with E-state index in [1.165, 1.54) is 0 Å². The summed E-state index contributed by atoms with van der Waals surface area (Å²) in [5, 5.41) is 2.09. The predicted molar refractivity (Wildman–Crippen MR) is 122 cm³/mol. The number of nitrogens with zero attached hydrogens (tertiary/aromatic N) is 6. The van der Waals surface area contributed by atoms with Crippen molar-refractivity contribution < 1.29 is 9.53 Å². The number of H-pyrrole nitrogens is 1. The molecule has 0 atom stereocenters. The number of anilines is 1. The van der Waals surface area contributed by atoms with Crippen molar-refractivity contribution in [3.8, 4) is 11.3 Å². The van der Waals surface area contributed by atoms with Crippen molar-refractivity contribution in [2.45, 2.75) is 26.4 Å². The highest BCUT2D eigenvalue weighted by Crippen LogP contribution is 2.26. The van der Waals surface area contributed by atoms with E-state index in [2.05, 4.69) is 24.8 Å². The van der Waals surface area contributed by atoms with Gasteiger partial charge >= 0.3 is 6.09 Å². The molecular weight excluding hydrogens is 406 g/mol. The summed E-state index contributed by atoms with van der Waals surface area (Å²) in [6.45, 7) is 8.09. The summed E-state index contributed by atoms with van der Waals surface area (Å²) in [7, 11) is 0. The SMILES string of the molecule is CC(C)(C)OC(=O)N1CCN(c2ncc(-c3ccc4c(n3)[nH]c3ccncc34)cn2)CC1. The number of carbonyl (C=O) groups excluding carboxylic acids is 1. The number of carbonyl (C=O) groups is 1. The first-order valence-corrected chi connectivity index (χ1v) is 10.7. The van der Waals surface area contributed by atoms with Gasteiger partial charge in [0.1, 0.15) is 11.2 Å². The fourth-order valence-corrected chi connectivity index (χ4v) is 3.81. The lowest BCUT2D eigenvalue weighted by Gasteiger charge is -2.35. The monoisotopic (exact) mass is 431 g/mol. The minimum atomic E-state index is -0.492.